The van der Waals surface area contributed by atoms with Crippen molar-refractivity contribution < 1.29 is 0 Å². The summed E-state index contributed by atoms with van der Waals surface area (Å²) in [6, 6.07) is 3.44. The number of likely N-dealkylation sites (N-methyl/N-ethyl adjacent to an activating group) is 1. The van der Waals surface area contributed by atoms with Gasteiger partial charge in [-0.25, -0.2) is 0 Å². The summed E-state index contributed by atoms with van der Waals surface area (Å²) in [5.41, 5.74) is 2.24. The molecule has 2 heterocycles. The Morgan fingerprint density at radius 1 is 1.00 bits per heavy atom. The molecule has 2 rings (SSSR count). The highest BCUT2D eigenvalue weighted by molar-refractivity contribution is 5.12. The van der Waals surface area contributed by atoms with Crippen LogP contribution in [0.5, 0.6) is 0 Å². The Morgan fingerprint density at radius 2 is 1.56 bits per heavy atom. The zero-order chi connectivity index (χ0) is 13.1. The Hall–Kier alpha value is -1.13. The normalized spacial score (nSPS) is 18.2. The van der Waals surface area contributed by atoms with E-state index in [2.05, 4.69) is 21.4 Å². The van der Waals surface area contributed by atoms with Gasteiger partial charge in [0.15, 0.2) is 5.43 Å². The molecule has 100 valence electrons. The van der Waals surface area contributed by atoms with Crippen LogP contribution in [0.2, 0.25) is 0 Å². The molecular weight excluding hydrogens is 226 g/mol. The summed E-state index contributed by atoms with van der Waals surface area (Å²) in [4.78, 5) is 16.2. The van der Waals surface area contributed by atoms with E-state index in [-0.39, 0.29) is 5.43 Å². The molecule has 1 fully saturated rings. The molecule has 0 radical (unpaired) electrons. The van der Waals surface area contributed by atoms with Crippen LogP contribution in [0, 0.1) is 13.8 Å². The lowest BCUT2D eigenvalue weighted by Crippen LogP contribution is -2.45. The van der Waals surface area contributed by atoms with Gasteiger partial charge in [-0.2, -0.15) is 0 Å². The van der Waals surface area contributed by atoms with Crippen molar-refractivity contribution in [2.24, 2.45) is 0 Å². The van der Waals surface area contributed by atoms with E-state index in [0.717, 1.165) is 50.7 Å². The molecule has 0 bridgehead atoms. The molecule has 0 N–H and O–H groups in total. The van der Waals surface area contributed by atoms with E-state index in [9.17, 15) is 4.79 Å². The Balaban J connectivity index is 1.96. The summed E-state index contributed by atoms with van der Waals surface area (Å²) in [6.45, 7) is 10.7. The molecule has 1 aliphatic heterocycles. The molecule has 4 nitrogen and oxygen atoms in total. The maximum atomic E-state index is 11.4. The number of pyridine rings is 1. The Bertz CT molecular complexity index is 432. The number of aromatic nitrogens is 1. The second-order valence-electron chi connectivity index (χ2n) is 5.27. The number of piperazine rings is 1. The maximum absolute atomic E-state index is 11.4. The SMILES string of the molecule is Cc1cc(=O)cc(C)n1CCN1CCN(C)CC1. The van der Waals surface area contributed by atoms with Gasteiger partial charge >= 0.3 is 0 Å². The molecule has 0 spiro atoms. The molecule has 0 amide bonds. The van der Waals surface area contributed by atoms with Crippen LogP contribution in [0.15, 0.2) is 16.9 Å². The second kappa shape index (κ2) is 5.67. The summed E-state index contributed by atoms with van der Waals surface area (Å²) >= 11 is 0. The summed E-state index contributed by atoms with van der Waals surface area (Å²) in [7, 11) is 2.17. The monoisotopic (exact) mass is 249 g/mol. The fourth-order valence-electron chi connectivity index (χ4n) is 2.55. The van der Waals surface area contributed by atoms with E-state index in [1.54, 1.807) is 12.1 Å². The number of hydrogen-bond acceptors (Lipinski definition) is 3. The quantitative estimate of drug-likeness (QED) is 0.790. The first-order valence-corrected chi connectivity index (χ1v) is 6.65. The van der Waals surface area contributed by atoms with Gasteiger partial charge in [-0.05, 0) is 20.9 Å². The van der Waals surface area contributed by atoms with Crippen molar-refractivity contribution in [3.63, 3.8) is 0 Å². The minimum Gasteiger partial charge on any atom is -0.348 e. The van der Waals surface area contributed by atoms with Crippen molar-refractivity contribution in [1.82, 2.24) is 14.4 Å². The van der Waals surface area contributed by atoms with Crippen LogP contribution in [0.1, 0.15) is 11.4 Å². The summed E-state index contributed by atoms with van der Waals surface area (Å²) in [5, 5.41) is 0. The number of hydrogen-bond donors (Lipinski definition) is 0. The molecule has 0 atom stereocenters. The molecule has 1 aromatic rings. The average molecular weight is 249 g/mol. The van der Waals surface area contributed by atoms with Crippen LogP contribution in [-0.4, -0.2) is 54.1 Å². The molecule has 4 heteroatoms. The van der Waals surface area contributed by atoms with Gasteiger partial charge in [0.1, 0.15) is 0 Å². The van der Waals surface area contributed by atoms with Crippen molar-refractivity contribution in [3.8, 4) is 0 Å². The highest BCUT2D eigenvalue weighted by Gasteiger charge is 2.13. The smallest absolute Gasteiger partial charge is 0.182 e. The third-order valence-corrected chi connectivity index (χ3v) is 3.79. The lowest BCUT2D eigenvalue weighted by atomic mass is 10.2. The summed E-state index contributed by atoms with van der Waals surface area (Å²) in [6.07, 6.45) is 0. The maximum Gasteiger partial charge on any atom is 0.182 e. The third-order valence-electron chi connectivity index (χ3n) is 3.79. The van der Waals surface area contributed by atoms with Crippen molar-refractivity contribution in [3.05, 3.63) is 33.7 Å². The van der Waals surface area contributed by atoms with Gasteiger partial charge in [0.2, 0.25) is 0 Å². The molecule has 0 saturated carbocycles. The second-order valence-corrected chi connectivity index (χ2v) is 5.27. The van der Waals surface area contributed by atoms with Crippen molar-refractivity contribution in [2.45, 2.75) is 20.4 Å². The number of nitrogens with zero attached hydrogens (tertiary/aromatic N) is 3. The highest BCUT2D eigenvalue weighted by Crippen LogP contribution is 2.04. The van der Waals surface area contributed by atoms with Gasteiger partial charge in [-0.3, -0.25) is 9.69 Å². The lowest BCUT2D eigenvalue weighted by Gasteiger charge is -2.32. The molecule has 0 aromatic carbocycles. The van der Waals surface area contributed by atoms with Crippen LogP contribution >= 0.6 is 0 Å². The van der Waals surface area contributed by atoms with Crippen molar-refractivity contribution in [2.75, 3.05) is 39.8 Å². The fraction of sp³-hybridized carbons (Fsp3) is 0.643. The Morgan fingerprint density at radius 3 is 2.11 bits per heavy atom. The van der Waals surface area contributed by atoms with Crippen molar-refractivity contribution in [1.29, 1.82) is 0 Å². The number of aryl methyl sites for hydroxylation is 2. The van der Waals surface area contributed by atoms with Crippen molar-refractivity contribution >= 4 is 0 Å². The Kier molecular flexibility index (Phi) is 4.19. The van der Waals surface area contributed by atoms with E-state index in [0.29, 0.717) is 0 Å². The van der Waals surface area contributed by atoms with Gasteiger partial charge in [0.05, 0.1) is 0 Å². The van der Waals surface area contributed by atoms with Gasteiger partial charge in [-0.15, -0.1) is 0 Å². The molecule has 1 saturated heterocycles. The van der Waals surface area contributed by atoms with E-state index in [1.165, 1.54) is 0 Å². The van der Waals surface area contributed by atoms with Gasteiger partial charge in [-0.1, -0.05) is 0 Å². The van der Waals surface area contributed by atoms with Crippen LogP contribution in [0.25, 0.3) is 0 Å². The largest absolute Gasteiger partial charge is 0.348 e. The molecular formula is C14H23N3O. The molecule has 18 heavy (non-hydrogen) atoms. The minimum atomic E-state index is 0.112. The Labute approximate surface area is 109 Å². The van der Waals surface area contributed by atoms with Crippen LogP contribution in [0.4, 0.5) is 0 Å². The standard InChI is InChI=1S/C14H23N3O/c1-12-10-14(18)11-13(2)17(12)9-8-16-6-4-15(3)5-7-16/h10-11H,4-9H2,1-3H3. The van der Waals surface area contributed by atoms with E-state index < -0.39 is 0 Å². The lowest BCUT2D eigenvalue weighted by molar-refractivity contribution is 0.149. The van der Waals surface area contributed by atoms with Gasteiger partial charge < -0.3 is 9.47 Å². The number of rotatable bonds is 3. The topological polar surface area (TPSA) is 28.5 Å². The van der Waals surface area contributed by atoms with Crippen LogP contribution in [-0.2, 0) is 6.54 Å². The summed E-state index contributed by atoms with van der Waals surface area (Å²) < 4.78 is 2.24. The molecule has 0 unspecified atom stereocenters. The molecule has 0 aliphatic carbocycles. The van der Waals surface area contributed by atoms with Crippen LogP contribution in [0.3, 0.4) is 0 Å². The average Bonchev–Trinajstić information content (AvgIpc) is 2.30. The predicted molar refractivity (Wildman–Crippen MR) is 74.1 cm³/mol. The first-order chi connectivity index (χ1) is 8.56. The van der Waals surface area contributed by atoms with Crippen LogP contribution < -0.4 is 5.43 Å². The summed E-state index contributed by atoms with van der Waals surface area (Å²) in [5.74, 6) is 0. The van der Waals surface area contributed by atoms with Gasteiger partial charge in [0, 0.05) is 62.8 Å². The minimum absolute atomic E-state index is 0.112. The fourth-order valence-corrected chi connectivity index (χ4v) is 2.55. The van der Waals surface area contributed by atoms with E-state index in [4.69, 9.17) is 0 Å². The predicted octanol–water partition coefficient (Wildman–Crippen LogP) is 0.713. The molecule has 1 aromatic heterocycles. The highest BCUT2D eigenvalue weighted by atomic mass is 16.1. The van der Waals surface area contributed by atoms with E-state index >= 15 is 0 Å². The first kappa shape index (κ1) is 13.3. The third kappa shape index (κ3) is 3.21. The first-order valence-electron chi connectivity index (χ1n) is 6.65. The zero-order valence-electron chi connectivity index (χ0n) is 11.6. The molecule has 1 aliphatic rings. The van der Waals surface area contributed by atoms with E-state index in [1.807, 2.05) is 13.8 Å². The van der Waals surface area contributed by atoms with Gasteiger partial charge in [0.25, 0.3) is 0 Å². The zero-order valence-corrected chi connectivity index (χ0v) is 11.6.